The predicted octanol–water partition coefficient (Wildman–Crippen LogP) is 3.32. The van der Waals surface area contributed by atoms with Crippen molar-refractivity contribution in [2.45, 2.75) is 40.2 Å². The molecule has 1 heterocycles. The molecule has 0 aliphatic carbocycles. The topological polar surface area (TPSA) is 61.3 Å². The van der Waals surface area contributed by atoms with Crippen molar-refractivity contribution in [2.24, 2.45) is 5.41 Å². The molecule has 1 unspecified atom stereocenters. The summed E-state index contributed by atoms with van der Waals surface area (Å²) in [4.78, 5) is 19.5. The molecule has 1 aromatic heterocycles. The molecule has 0 amide bonds. The number of aromatic nitrogens is 2. The number of carbonyl (C=O) groups is 1. The van der Waals surface area contributed by atoms with Crippen molar-refractivity contribution >= 4 is 5.97 Å². The molecular weight excluding hydrogens is 282 g/mol. The highest BCUT2D eigenvalue weighted by molar-refractivity contribution is 5.90. The summed E-state index contributed by atoms with van der Waals surface area (Å²) in [7, 11) is 1.46. The Hall–Kier alpha value is -1.63. The van der Waals surface area contributed by atoms with Crippen LogP contribution in [0.2, 0.25) is 0 Å². The Labute approximate surface area is 122 Å². The first-order chi connectivity index (χ1) is 9.72. The number of nitrogens with zero attached hydrogens (tertiary/aromatic N) is 2. The molecule has 118 valence electrons. The Morgan fingerprint density at radius 1 is 1.38 bits per heavy atom. The summed E-state index contributed by atoms with van der Waals surface area (Å²) in [6.07, 6.45) is -2.39. The highest BCUT2D eigenvalue weighted by atomic mass is 19.3. The fraction of sp³-hybridized carbons (Fsp3) is 0.643. The minimum absolute atomic E-state index is 0.0892. The number of ether oxygens (including phenoxy) is 2. The van der Waals surface area contributed by atoms with E-state index >= 15 is 0 Å². The van der Waals surface area contributed by atoms with Crippen LogP contribution in [0.1, 0.15) is 62.1 Å². The molecule has 1 rings (SSSR count). The lowest BCUT2D eigenvalue weighted by molar-refractivity contribution is 0.00773. The van der Waals surface area contributed by atoms with Crippen LogP contribution in [0.5, 0.6) is 0 Å². The summed E-state index contributed by atoms with van der Waals surface area (Å²) in [5.41, 5.74) is -1.33. The molecule has 0 aliphatic heterocycles. The lowest BCUT2D eigenvalue weighted by Gasteiger charge is -2.28. The smallest absolute Gasteiger partial charge is 0.341 e. The van der Waals surface area contributed by atoms with Gasteiger partial charge in [0.25, 0.3) is 6.43 Å². The number of alkyl halides is 2. The summed E-state index contributed by atoms with van der Waals surface area (Å²) in [6.45, 7) is 7.32. The van der Waals surface area contributed by atoms with Crippen LogP contribution in [0.3, 0.4) is 0 Å². The zero-order chi connectivity index (χ0) is 16.2. The summed E-state index contributed by atoms with van der Waals surface area (Å²) >= 11 is 0. The molecular formula is C14H20F2N2O3. The minimum Gasteiger partial charge on any atom is -0.462 e. The number of methoxy groups -OCH3 is 1. The zero-order valence-corrected chi connectivity index (χ0v) is 12.8. The summed E-state index contributed by atoms with van der Waals surface area (Å²) in [6, 6.07) is 0. The van der Waals surface area contributed by atoms with Gasteiger partial charge >= 0.3 is 5.97 Å². The lowest BCUT2D eigenvalue weighted by atomic mass is 9.88. The molecule has 0 saturated heterocycles. The first-order valence-electron chi connectivity index (χ1n) is 6.57. The number of rotatable bonds is 5. The van der Waals surface area contributed by atoms with Gasteiger partial charge in [-0.2, -0.15) is 0 Å². The Morgan fingerprint density at radius 3 is 2.43 bits per heavy atom. The lowest BCUT2D eigenvalue weighted by Crippen LogP contribution is -2.24. The third-order valence-electron chi connectivity index (χ3n) is 2.80. The molecule has 0 radical (unpaired) electrons. The SMILES string of the molecule is CCOC(=O)c1cnc(C(OC)C(C)(C)C)nc1C(F)F. The van der Waals surface area contributed by atoms with Gasteiger partial charge in [-0.15, -0.1) is 0 Å². The number of halogens is 2. The highest BCUT2D eigenvalue weighted by Gasteiger charge is 2.31. The molecule has 7 heteroatoms. The molecule has 0 bridgehead atoms. The van der Waals surface area contributed by atoms with E-state index in [4.69, 9.17) is 9.47 Å². The maximum Gasteiger partial charge on any atom is 0.341 e. The van der Waals surface area contributed by atoms with Crippen LogP contribution < -0.4 is 0 Å². The molecule has 1 aromatic rings. The average Bonchev–Trinajstić information content (AvgIpc) is 2.37. The molecule has 0 fully saturated rings. The van der Waals surface area contributed by atoms with E-state index < -0.39 is 24.2 Å². The van der Waals surface area contributed by atoms with E-state index in [1.165, 1.54) is 7.11 Å². The molecule has 5 nitrogen and oxygen atoms in total. The third-order valence-corrected chi connectivity index (χ3v) is 2.80. The number of hydrogen-bond donors (Lipinski definition) is 0. The zero-order valence-electron chi connectivity index (χ0n) is 12.8. The summed E-state index contributed by atoms with van der Waals surface area (Å²) in [5, 5.41) is 0. The first-order valence-corrected chi connectivity index (χ1v) is 6.57. The third kappa shape index (κ3) is 4.17. The molecule has 0 N–H and O–H groups in total. The van der Waals surface area contributed by atoms with Gasteiger partial charge in [-0.1, -0.05) is 20.8 Å². The van der Waals surface area contributed by atoms with Crippen molar-refractivity contribution in [3.05, 3.63) is 23.3 Å². The van der Waals surface area contributed by atoms with Crippen LogP contribution in [0.15, 0.2) is 6.20 Å². The Kier molecular flexibility index (Phi) is 5.71. The molecule has 21 heavy (non-hydrogen) atoms. The number of hydrogen-bond acceptors (Lipinski definition) is 5. The molecule has 0 spiro atoms. The van der Waals surface area contributed by atoms with Crippen molar-refractivity contribution in [1.29, 1.82) is 0 Å². The predicted molar refractivity (Wildman–Crippen MR) is 72.2 cm³/mol. The van der Waals surface area contributed by atoms with Gasteiger partial charge in [0.15, 0.2) is 5.82 Å². The van der Waals surface area contributed by atoms with Crippen molar-refractivity contribution in [3.63, 3.8) is 0 Å². The van der Waals surface area contributed by atoms with Crippen LogP contribution in [-0.2, 0) is 9.47 Å². The van der Waals surface area contributed by atoms with E-state index in [0.717, 1.165) is 6.20 Å². The van der Waals surface area contributed by atoms with Crippen LogP contribution in [0, 0.1) is 5.41 Å². The van der Waals surface area contributed by atoms with Gasteiger partial charge in [0, 0.05) is 13.3 Å². The monoisotopic (exact) mass is 302 g/mol. The van der Waals surface area contributed by atoms with Crippen molar-refractivity contribution < 1.29 is 23.0 Å². The maximum absolute atomic E-state index is 13.1. The average molecular weight is 302 g/mol. The van der Waals surface area contributed by atoms with E-state index in [1.807, 2.05) is 20.8 Å². The summed E-state index contributed by atoms with van der Waals surface area (Å²) in [5.74, 6) is -0.738. The van der Waals surface area contributed by atoms with E-state index in [-0.39, 0.29) is 23.4 Å². The summed E-state index contributed by atoms with van der Waals surface area (Å²) < 4.78 is 36.3. The van der Waals surface area contributed by atoms with Crippen LogP contribution in [-0.4, -0.2) is 29.7 Å². The Balaban J connectivity index is 3.29. The second-order valence-electron chi connectivity index (χ2n) is 5.53. The molecule has 0 aliphatic rings. The fourth-order valence-electron chi connectivity index (χ4n) is 1.91. The van der Waals surface area contributed by atoms with E-state index in [2.05, 4.69) is 9.97 Å². The van der Waals surface area contributed by atoms with Gasteiger partial charge in [0.1, 0.15) is 17.4 Å². The van der Waals surface area contributed by atoms with Gasteiger partial charge in [-0.05, 0) is 12.3 Å². The van der Waals surface area contributed by atoms with Gasteiger partial charge in [-0.3, -0.25) is 0 Å². The van der Waals surface area contributed by atoms with Crippen molar-refractivity contribution in [1.82, 2.24) is 9.97 Å². The molecule has 1 atom stereocenters. The second-order valence-corrected chi connectivity index (χ2v) is 5.53. The van der Waals surface area contributed by atoms with Gasteiger partial charge in [0.2, 0.25) is 0 Å². The van der Waals surface area contributed by atoms with Crippen LogP contribution >= 0.6 is 0 Å². The van der Waals surface area contributed by atoms with E-state index in [9.17, 15) is 13.6 Å². The van der Waals surface area contributed by atoms with Crippen molar-refractivity contribution in [3.8, 4) is 0 Å². The standard InChI is InChI=1S/C14H20F2N2O3/c1-6-21-13(19)8-7-17-12(18-9(8)11(15)16)10(20-5)14(2,3)4/h7,10-11H,6H2,1-5H3. The van der Waals surface area contributed by atoms with Crippen molar-refractivity contribution in [2.75, 3.05) is 13.7 Å². The quantitative estimate of drug-likeness (QED) is 0.781. The number of esters is 1. The minimum atomic E-state index is -2.90. The van der Waals surface area contributed by atoms with Crippen LogP contribution in [0.4, 0.5) is 8.78 Å². The van der Waals surface area contributed by atoms with E-state index in [1.54, 1.807) is 6.92 Å². The number of carbonyl (C=O) groups excluding carboxylic acids is 1. The van der Waals surface area contributed by atoms with Gasteiger partial charge < -0.3 is 9.47 Å². The van der Waals surface area contributed by atoms with Gasteiger partial charge in [-0.25, -0.2) is 23.5 Å². The Morgan fingerprint density at radius 2 is 2.00 bits per heavy atom. The maximum atomic E-state index is 13.1. The molecule has 0 saturated carbocycles. The van der Waals surface area contributed by atoms with Gasteiger partial charge in [0.05, 0.1) is 6.61 Å². The largest absolute Gasteiger partial charge is 0.462 e. The van der Waals surface area contributed by atoms with E-state index in [0.29, 0.717) is 0 Å². The second kappa shape index (κ2) is 6.89. The Bertz CT molecular complexity index is 501. The molecule has 0 aromatic carbocycles. The first kappa shape index (κ1) is 17.4. The van der Waals surface area contributed by atoms with Crippen LogP contribution in [0.25, 0.3) is 0 Å². The normalized spacial score (nSPS) is 13.3. The highest BCUT2D eigenvalue weighted by Crippen LogP contribution is 2.34. The fourth-order valence-corrected chi connectivity index (χ4v) is 1.91.